The van der Waals surface area contributed by atoms with Crippen molar-refractivity contribution in [2.75, 3.05) is 33.2 Å². The fourth-order valence-corrected chi connectivity index (χ4v) is 3.86. The van der Waals surface area contributed by atoms with Crippen LogP contribution >= 0.6 is 11.3 Å². The second-order valence-electron chi connectivity index (χ2n) is 6.66. The van der Waals surface area contributed by atoms with Gasteiger partial charge in [0.1, 0.15) is 9.88 Å². The minimum atomic E-state index is 0.0980. The highest BCUT2D eigenvalue weighted by molar-refractivity contribution is 7.17. The van der Waals surface area contributed by atoms with Crippen LogP contribution in [0.5, 0.6) is 0 Å². The summed E-state index contributed by atoms with van der Waals surface area (Å²) < 4.78 is 0. The predicted molar refractivity (Wildman–Crippen MR) is 111 cm³/mol. The Morgan fingerprint density at radius 3 is 2.35 bits per heavy atom. The normalized spacial score (nSPS) is 11.2. The van der Waals surface area contributed by atoms with E-state index in [0.717, 1.165) is 60.2 Å². The van der Waals surface area contributed by atoms with Crippen LogP contribution in [0.25, 0.3) is 10.6 Å². The van der Waals surface area contributed by atoms with Gasteiger partial charge in [0.15, 0.2) is 0 Å². The lowest BCUT2D eigenvalue weighted by atomic mass is 10.1. The van der Waals surface area contributed by atoms with Crippen LogP contribution in [0.15, 0.2) is 24.3 Å². The lowest BCUT2D eigenvalue weighted by molar-refractivity contribution is 0.0755. The van der Waals surface area contributed by atoms with Gasteiger partial charge in [-0.2, -0.15) is 0 Å². The van der Waals surface area contributed by atoms with E-state index in [1.807, 2.05) is 18.7 Å². The zero-order valence-corrected chi connectivity index (χ0v) is 17.5. The third-order valence-electron chi connectivity index (χ3n) is 4.69. The molecule has 0 saturated heterocycles. The molecule has 0 spiro atoms. The summed E-state index contributed by atoms with van der Waals surface area (Å²) in [6.45, 7) is 11.6. The second-order valence-corrected chi connectivity index (χ2v) is 7.66. The largest absolute Gasteiger partial charge is 0.337 e. The molecule has 0 atom stereocenters. The Kier molecular flexibility index (Phi) is 7.79. The number of hydrogen-bond acceptors (Lipinski definition) is 4. The zero-order chi connectivity index (χ0) is 19.1. The number of aromatic nitrogens is 1. The van der Waals surface area contributed by atoms with Crippen molar-refractivity contribution in [1.82, 2.24) is 14.8 Å². The molecule has 0 unspecified atom stereocenters. The fourth-order valence-electron chi connectivity index (χ4n) is 2.82. The first-order valence-electron chi connectivity index (χ1n) is 9.54. The topological polar surface area (TPSA) is 36.4 Å². The molecule has 1 heterocycles. The van der Waals surface area contributed by atoms with Crippen molar-refractivity contribution in [2.45, 2.75) is 40.5 Å². The van der Waals surface area contributed by atoms with E-state index in [1.54, 1.807) is 0 Å². The predicted octanol–water partition coefficient (Wildman–Crippen LogP) is 4.48. The van der Waals surface area contributed by atoms with E-state index in [4.69, 9.17) is 0 Å². The van der Waals surface area contributed by atoms with Crippen LogP contribution in [-0.4, -0.2) is 53.9 Å². The molecule has 5 heteroatoms. The molecule has 0 fully saturated rings. The highest BCUT2D eigenvalue weighted by Gasteiger charge is 2.21. The number of benzene rings is 1. The Hall–Kier alpha value is -1.72. The lowest BCUT2D eigenvalue weighted by Gasteiger charge is -2.23. The van der Waals surface area contributed by atoms with Crippen LogP contribution in [-0.2, 0) is 6.42 Å². The summed E-state index contributed by atoms with van der Waals surface area (Å²) in [5.74, 6) is 0.0980. The monoisotopic (exact) mass is 373 g/mol. The smallest absolute Gasteiger partial charge is 0.265 e. The van der Waals surface area contributed by atoms with Gasteiger partial charge in [-0.25, -0.2) is 4.98 Å². The Bertz CT molecular complexity index is 709. The second kappa shape index (κ2) is 9.83. The summed E-state index contributed by atoms with van der Waals surface area (Å²) in [5.41, 5.74) is 3.26. The van der Waals surface area contributed by atoms with Gasteiger partial charge in [-0.3, -0.25) is 4.79 Å². The van der Waals surface area contributed by atoms with E-state index >= 15 is 0 Å². The van der Waals surface area contributed by atoms with Crippen molar-refractivity contribution < 1.29 is 4.79 Å². The van der Waals surface area contributed by atoms with E-state index in [9.17, 15) is 4.79 Å². The Balaban J connectivity index is 2.16. The van der Waals surface area contributed by atoms with E-state index in [2.05, 4.69) is 55.0 Å². The van der Waals surface area contributed by atoms with Gasteiger partial charge in [-0.05, 0) is 39.4 Å². The SMILES string of the molecule is CCCc1ccc(-c2nc(C)c(C(=O)N(CC)CCN(C)CC)s2)cc1. The van der Waals surface area contributed by atoms with Crippen molar-refractivity contribution in [1.29, 1.82) is 0 Å². The molecule has 1 amide bonds. The number of carbonyl (C=O) groups excluding carboxylic acids is 1. The van der Waals surface area contributed by atoms with Gasteiger partial charge in [0.25, 0.3) is 5.91 Å². The van der Waals surface area contributed by atoms with Crippen molar-refractivity contribution in [3.63, 3.8) is 0 Å². The molecule has 0 radical (unpaired) electrons. The molecule has 0 aliphatic carbocycles. The number of thiazole rings is 1. The molecule has 0 aliphatic rings. The van der Waals surface area contributed by atoms with Crippen LogP contribution < -0.4 is 0 Å². The minimum Gasteiger partial charge on any atom is -0.337 e. The average molecular weight is 374 g/mol. The minimum absolute atomic E-state index is 0.0980. The molecule has 0 N–H and O–H groups in total. The Morgan fingerprint density at radius 1 is 1.08 bits per heavy atom. The fraction of sp³-hybridized carbons (Fsp3) is 0.524. The first-order chi connectivity index (χ1) is 12.5. The summed E-state index contributed by atoms with van der Waals surface area (Å²) in [7, 11) is 2.08. The number of likely N-dealkylation sites (N-methyl/N-ethyl adjacent to an activating group) is 2. The molecule has 0 bridgehead atoms. The summed E-state index contributed by atoms with van der Waals surface area (Å²) in [6, 6.07) is 8.56. The lowest BCUT2D eigenvalue weighted by Crippen LogP contribution is -2.37. The molecule has 2 aromatic rings. The van der Waals surface area contributed by atoms with Crippen LogP contribution in [0, 0.1) is 6.92 Å². The molecule has 142 valence electrons. The Labute approximate surface area is 161 Å². The zero-order valence-electron chi connectivity index (χ0n) is 16.7. The first kappa shape index (κ1) is 20.6. The quantitative estimate of drug-likeness (QED) is 0.650. The van der Waals surface area contributed by atoms with E-state index < -0.39 is 0 Å². The number of nitrogens with zero attached hydrogens (tertiary/aromatic N) is 3. The van der Waals surface area contributed by atoms with E-state index in [0.29, 0.717) is 0 Å². The summed E-state index contributed by atoms with van der Waals surface area (Å²) in [6.07, 6.45) is 2.24. The van der Waals surface area contributed by atoms with E-state index in [1.165, 1.54) is 16.9 Å². The third-order valence-corrected chi connectivity index (χ3v) is 5.89. The van der Waals surface area contributed by atoms with Crippen molar-refractivity contribution in [3.8, 4) is 10.6 Å². The van der Waals surface area contributed by atoms with Gasteiger partial charge in [0, 0.05) is 25.2 Å². The maximum atomic E-state index is 13.0. The average Bonchev–Trinajstić information content (AvgIpc) is 3.04. The molecule has 26 heavy (non-hydrogen) atoms. The van der Waals surface area contributed by atoms with E-state index in [-0.39, 0.29) is 5.91 Å². The molecule has 1 aromatic heterocycles. The van der Waals surface area contributed by atoms with Crippen molar-refractivity contribution in [3.05, 3.63) is 40.4 Å². The summed E-state index contributed by atoms with van der Waals surface area (Å²) >= 11 is 1.51. The van der Waals surface area contributed by atoms with Gasteiger partial charge >= 0.3 is 0 Å². The molecule has 0 aliphatic heterocycles. The number of rotatable bonds is 9. The third kappa shape index (κ3) is 5.15. The molecule has 4 nitrogen and oxygen atoms in total. The number of hydrogen-bond donors (Lipinski definition) is 0. The van der Waals surface area contributed by atoms with Crippen LogP contribution in [0.3, 0.4) is 0 Å². The van der Waals surface area contributed by atoms with Crippen molar-refractivity contribution in [2.24, 2.45) is 0 Å². The van der Waals surface area contributed by atoms with Crippen molar-refractivity contribution >= 4 is 17.2 Å². The number of amides is 1. The molecule has 0 saturated carbocycles. The maximum Gasteiger partial charge on any atom is 0.265 e. The van der Waals surface area contributed by atoms with Gasteiger partial charge in [-0.1, -0.05) is 44.5 Å². The highest BCUT2D eigenvalue weighted by atomic mass is 32.1. The van der Waals surface area contributed by atoms with Crippen LogP contribution in [0.2, 0.25) is 0 Å². The maximum absolute atomic E-state index is 13.0. The summed E-state index contributed by atoms with van der Waals surface area (Å²) in [4.78, 5) is 22.5. The number of aryl methyl sites for hydroxylation is 2. The van der Waals surface area contributed by atoms with Gasteiger partial charge < -0.3 is 9.80 Å². The molecule has 2 rings (SSSR count). The van der Waals surface area contributed by atoms with Gasteiger partial charge in [0.2, 0.25) is 0 Å². The van der Waals surface area contributed by atoms with Crippen LogP contribution in [0.4, 0.5) is 0 Å². The molecule has 1 aromatic carbocycles. The van der Waals surface area contributed by atoms with Gasteiger partial charge in [0.05, 0.1) is 5.69 Å². The summed E-state index contributed by atoms with van der Waals surface area (Å²) in [5, 5.41) is 0.927. The Morgan fingerprint density at radius 2 is 1.77 bits per heavy atom. The highest BCUT2D eigenvalue weighted by Crippen LogP contribution is 2.29. The molecular weight excluding hydrogens is 342 g/mol. The standard InChI is InChI=1S/C21H31N3OS/c1-6-9-17-10-12-18(13-11-17)20-22-16(4)19(26-20)21(25)24(8-3)15-14-23(5)7-2/h10-13H,6-9,14-15H2,1-5H3. The van der Waals surface area contributed by atoms with Gasteiger partial charge in [-0.15, -0.1) is 11.3 Å². The first-order valence-corrected chi connectivity index (χ1v) is 10.4. The number of carbonyl (C=O) groups is 1. The van der Waals surface area contributed by atoms with Crippen LogP contribution in [0.1, 0.15) is 48.1 Å². The molecular formula is C21H31N3OS.